The number of nitrogens with zero attached hydrogens (tertiary/aromatic N) is 1. The van der Waals surface area contributed by atoms with E-state index in [1.54, 1.807) is 6.07 Å². The Morgan fingerprint density at radius 1 is 1.44 bits per heavy atom. The number of nitrogens with two attached hydrogens (primary N) is 1. The van der Waals surface area contributed by atoms with Gasteiger partial charge in [-0.25, -0.2) is 4.39 Å². The molecule has 4 N–H and O–H groups in total. The second-order valence-electron chi connectivity index (χ2n) is 3.42. The number of rotatable bonds is 4. The van der Waals surface area contributed by atoms with E-state index in [4.69, 9.17) is 11.0 Å². The summed E-state index contributed by atoms with van der Waals surface area (Å²) < 4.78 is 12.9. The fourth-order valence-corrected chi connectivity index (χ4v) is 1.45. The molecule has 2 unspecified atom stereocenters. The second-order valence-corrected chi connectivity index (χ2v) is 3.42. The maximum absolute atomic E-state index is 12.9. The van der Waals surface area contributed by atoms with Crippen LogP contribution in [0, 0.1) is 17.1 Å². The Morgan fingerprint density at radius 2 is 2.12 bits per heavy atom. The van der Waals surface area contributed by atoms with Crippen LogP contribution in [0.5, 0.6) is 0 Å². The number of hydrogen-bond donors (Lipinski definition) is 3. The van der Waals surface area contributed by atoms with Gasteiger partial charge in [0.1, 0.15) is 11.9 Å². The highest BCUT2D eigenvalue weighted by molar-refractivity contribution is 5.30. The van der Waals surface area contributed by atoms with Crippen LogP contribution in [0.15, 0.2) is 18.2 Å². The molecule has 0 aliphatic rings. The van der Waals surface area contributed by atoms with E-state index in [2.05, 4.69) is 0 Å². The molecule has 0 saturated carbocycles. The number of aliphatic hydroxyl groups is 2. The average Bonchev–Trinajstić information content (AvgIpc) is 2.28. The lowest BCUT2D eigenvalue weighted by Crippen LogP contribution is -2.19. The Morgan fingerprint density at radius 3 is 2.69 bits per heavy atom. The fourth-order valence-electron chi connectivity index (χ4n) is 1.45. The summed E-state index contributed by atoms with van der Waals surface area (Å²) in [5, 5.41) is 27.6. The minimum atomic E-state index is -1.22. The molecule has 86 valence electrons. The Bertz CT molecular complexity index is 403. The summed E-state index contributed by atoms with van der Waals surface area (Å²) in [5.74, 6) is -0.453. The van der Waals surface area contributed by atoms with Gasteiger partial charge in [-0.1, -0.05) is 6.07 Å². The quantitative estimate of drug-likeness (QED) is 0.698. The fraction of sp³-hybridized carbons (Fsp3) is 0.364. The van der Waals surface area contributed by atoms with Crippen molar-refractivity contribution in [1.82, 2.24) is 0 Å². The number of halogens is 1. The smallest absolute Gasteiger partial charge is 0.123 e. The summed E-state index contributed by atoms with van der Waals surface area (Å²) in [6, 6.07) is 5.50. The standard InChI is InChI=1S/C11H13FN2O2/c12-8-1-2-9(7(5-8)6-14)11(16)10(15)3-4-13/h1-2,5,10-11,15-16H,3,6,14H2. The molecule has 0 fully saturated rings. The maximum atomic E-state index is 12.9. The summed E-state index contributed by atoms with van der Waals surface area (Å²) >= 11 is 0. The summed E-state index contributed by atoms with van der Waals surface area (Å²) in [4.78, 5) is 0. The van der Waals surface area contributed by atoms with Crippen molar-refractivity contribution in [2.45, 2.75) is 25.2 Å². The van der Waals surface area contributed by atoms with Crippen LogP contribution in [0.3, 0.4) is 0 Å². The van der Waals surface area contributed by atoms with Crippen LogP contribution in [-0.4, -0.2) is 16.3 Å². The molecule has 0 aromatic heterocycles. The van der Waals surface area contributed by atoms with Gasteiger partial charge < -0.3 is 15.9 Å². The Kier molecular flexibility index (Phi) is 4.38. The van der Waals surface area contributed by atoms with Gasteiger partial charge in [0.05, 0.1) is 18.6 Å². The van der Waals surface area contributed by atoms with Crippen molar-refractivity contribution in [1.29, 1.82) is 5.26 Å². The van der Waals surface area contributed by atoms with E-state index in [1.165, 1.54) is 18.2 Å². The third-order valence-corrected chi connectivity index (χ3v) is 2.31. The van der Waals surface area contributed by atoms with Crippen molar-refractivity contribution in [3.63, 3.8) is 0 Å². The first-order valence-corrected chi connectivity index (χ1v) is 4.81. The van der Waals surface area contributed by atoms with Crippen molar-refractivity contribution in [2.24, 2.45) is 5.73 Å². The zero-order chi connectivity index (χ0) is 12.1. The maximum Gasteiger partial charge on any atom is 0.123 e. The zero-order valence-electron chi connectivity index (χ0n) is 8.60. The molecule has 5 heteroatoms. The Hall–Kier alpha value is -1.48. The van der Waals surface area contributed by atoms with E-state index in [0.717, 1.165) is 0 Å². The van der Waals surface area contributed by atoms with Gasteiger partial charge in [-0.05, 0) is 23.3 Å². The summed E-state index contributed by atoms with van der Waals surface area (Å²) in [5.41, 5.74) is 6.18. The van der Waals surface area contributed by atoms with E-state index in [9.17, 15) is 14.6 Å². The second kappa shape index (κ2) is 5.56. The molecule has 16 heavy (non-hydrogen) atoms. The molecule has 0 radical (unpaired) electrons. The van der Waals surface area contributed by atoms with E-state index < -0.39 is 18.0 Å². The monoisotopic (exact) mass is 224 g/mol. The molecular formula is C11H13FN2O2. The summed E-state index contributed by atoms with van der Waals surface area (Å²) in [6.45, 7) is 0.0590. The van der Waals surface area contributed by atoms with Gasteiger partial charge in [0.15, 0.2) is 0 Å². The molecule has 1 aromatic rings. The minimum absolute atomic E-state index is 0.0590. The normalized spacial score (nSPS) is 14.2. The van der Waals surface area contributed by atoms with Crippen LogP contribution in [0.2, 0.25) is 0 Å². The van der Waals surface area contributed by atoms with Crippen molar-refractivity contribution in [3.8, 4) is 6.07 Å². The highest BCUT2D eigenvalue weighted by Crippen LogP contribution is 2.23. The van der Waals surface area contributed by atoms with Gasteiger partial charge in [0, 0.05) is 6.54 Å². The molecule has 0 aliphatic carbocycles. The molecule has 0 aliphatic heterocycles. The lowest BCUT2D eigenvalue weighted by Gasteiger charge is -2.18. The van der Waals surface area contributed by atoms with E-state index >= 15 is 0 Å². The molecule has 2 atom stereocenters. The van der Waals surface area contributed by atoms with Crippen molar-refractivity contribution in [3.05, 3.63) is 35.1 Å². The highest BCUT2D eigenvalue weighted by atomic mass is 19.1. The first-order chi connectivity index (χ1) is 7.60. The van der Waals surface area contributed by atoms with Crippen molar-refractivity contribution in [2.75, 3.05) is 0 Å². The van der Waals surface area contributed by atoms with Gasteiger partial charge in [-0.3, -0.25) is 0 Å². The van der Waals surface area contributed by atoms with Crippen molar-refractivity contribution >= 4 is 0 Å². The predicted octanol–water partition coefficient (Wildman–Crippen LogP) is 0.592. The molecule has 1 rings (SSSR count). The Labute approximate surface area is 92.7 Å². The highest BCUT2D eigenvalue weighted by Gasteiger charge is 2.20. The predicted molar refractivity (Wildman–Crippen MR) is 55.5 cm³/mol. The van der Waals surface area contributed by atoms with Crippen molar-refractivity contribution < 1.29 is 14.6 Å². The van der Waals surface area contributed by atoms with Gasteiger partial charge in [-0.2, -0.15) is 5.26 Å². The van der Waals surface area contributed by atoms with Gasteiger partial charge >= 0.3 is 0 Å². The number of hydrogen-bond acceptors (Lipinski definition) is 4. The van der Waals surface area contributed by atoms with Crippen LogP contribution in [0.4, 0.5) is 4.39 Å². The third-order valence-electron chi connectivity index (χ3n) is 2.31. The molecular weight excluding hydrogens is 211 g/mol. The summed E-state index contributed by atoms with van der Waals surface area (Å²) in [7, 11) is 0. The van der Waals surface area contributed by atoms with Crippen LogP contribution >= 0.6 is 0 Å². The molecule has 0 bridgehead atoms. The van der Waals surface area contributed by atoms with Gasteiger partial charge in [0.25, 0.3) is 0 Å². The van der Waals surface area contributed by atoms with E-state index in [1.807, 2.05) is 0 Å². The topological polar surface area (TPSA) is 90.3 Å². The van der Waals surface area contributed by atoms with Crippen LogP contribution in [-0.2, 0) is 6.54 Å². The van der Waals surface area contributed by atoms with Gasteiger partial charge in [-0.15, -0.1) is 0 Å². The number of benzene rings is 1. The Balaban J connectivity index is 2.99. The average molecular weight is 224 g/mol. The molecule has 0 saturated heterocycles. The van der Waals surface area contributed by atoms with E-state index in [0.29, 0.717) is 11.1 Å². The SMILES string of the molecule is N#CCC(O)C(O)c1ccc(F)cc1CN. The molecule has 0 amide bonds. The first kappa shape index (κ1) is 12.6. The van der Waals surface area contributed by atoms with E-state index in [-0.39, 0.29) is 13.0 Å². The largest absolute Gasteiger partial charge is 0.389 e. The summed E-state index contributed by atoms with van der Waals surface area (Å²) in [6.07, 6.45) is -2.61. The number of aliphatic hydroxyl groups excluding tert-OH is 2. The van der Waals surface area contributed by atoms with Crippen LogP contribution in [0.1, 0.15) is 23.7 Å². The zero-order valence-corrected chi connectivity index (χ0v) is 8.60. The third kappa shape index (κ3) is 2.76. The minimum Gasteiger partial charge on any atom is -0.389 e. The molecule has 0 heterocycles. The number of nitriles is 1. The first-order valence-electron chi connectivity index (χ1n) is 4.81. The molecule has 0 spiro atoms. The van der Waals surface area contributed by atoms with Gasteiger partial charge in [0.2, 0.25) is 0 Å². The van der Waals surface area contributed by atoms with Crippen LogP contribution in [0.25, 0.3) is 0 Å². The lowest BCUT2D eigenvalue weighted by atomic mass is 9.97. The molecule has 1 aromatic carbocycles. The lowest BCUT2D eigenvalue weighted by molar-refractivity contribution is 0.0211. The van der Waals surface area contributed by atoms with Crippen LogP contribution < -0.4 is 5.73 Å². The molecule has 4 nitrogen and oxygen atoms in total.